The van der Waals surface area contributed by atoms with Crippen molar-refractivity contribution in [1.82, 2.24) is 10.6 Å². The second-order valence-electron chi connectivity index (χ2n) is 25.4. The number of nitrogens with one attached hydrogen (secondary N) is 2. The van der Waals surface area contributed by atoms with Gasteiger partial charge in [-0.25, -0.2) is 4.79 Å². The van der Waals surface area contributed by atoms with Crippen LogP contribution in [0.5, 0.6) is 0 Å². The first-order valence-corrected chi connectivity index (χ1v) is 34.7. The molecule has 0 radical (unpaired) electrons. The molecule has 526 valence electrons. The van der Waals surface area contributed by atoms with Crippen molar-refractivity contribution in [3.05, 3.63) is 24.3 Å². The van der Waals surface area contributed by atoms with Gasteiger partial charge in [0.2, 0.25) is 11.8 Å². The molecule has 3 aliphatic heterocycles. The average molecular weight is 1290 g/mol. The number of aliphatic carboxylic acids is 1. The Kier molecular flexibility index (Phi) is 43.4. The summed E-state index contributed by atoms with van der Waals surface area (Å²) in [4.78, 5) is 38.5. The number of carbonyl (C=O) groups excluding carboxylic acids is 2. The lowest BCUT2D eigenvalue weighted by Gasteiger charge is -2.50. The number of ether oxygens (including phenoxy) is 6. The van der Waals surface area contributed by atoms with Crippen LogP contribution in [0.4, 0.5) is 0 Å². The van der Waals surface area contributed by atoms with Crippen molar-refractivity contribution >= 4 is 17.8 Å². The van der Waals surface area contributed by atoms with Gasteiger partial charge in [-0.1, -0.05) is 205 Å². The maximum atomic E-state index is 13.4. The fraction of sp³-hybridized carbons (Fsp3) is 0.896. The second kappa shape index (κ2) is 48.0. The average Bonchev–Trinajstić information content (AvgIpc) is 0.791. The largest absolute Gasteiger partial charge is 0.477 e. The van der Waals surface area contributed by atoms with E-state index in [-0.39, 0.29) is 12.3 Å². The number of carboxylic acid groups (broad SMARTS) is 1. The summed E-state index contributed by atoms with van der Waals surface area (Å²) < 4.78 is 34.8. The molecule has 3 fully saturated rings. The SMILES string of the molecule is CCCCCCCCCCC/C=C\CCCCCCCCCC(=O)NC(COC1OC(CO)C(OC2OC(CO)C(O)C(OC3(C(=O)O)CC(O)C(NC(C)=O)C(C(O)C(O)CO)O3)C2O)C(O)C1O)C(O)/C=C/CCCCCCCCCCCCCCCC. The third-order valence-electron chi connectivity index (χ3n) is 17.6. The molecule has 0 saturated carbocycles. The normalized spacial score (nSPS) is 28.7. The molecule has 3 saturated heterocycles. The molecule has 0 aliphatic carbocycles. The highest BCUT2D eigenvalue weighted by atomic mass is 16.8. The molecule has 90 heavy (non-hydrogen) atoms. The van der Waals surface area contributed by atoms with E-state index in [2.05, 4.69) is 36.6 Å². The third kappa shape index (κ3) is 30.3. The van der Waals surface area contributed by atoms with Crippen molar-refractivity contribution in [2.75, 3.05) is 26.4 Å². The van der Waals surface area contributed by atoms with Gasteiger partial charge in [0.05, 0.1) is 50.7 Å². The number of hydrogen-bond donors (Lipinski definition) is 14. The Labute approximate surface area is 536 Å². The van der Waals surface area contributed by atoms with Crippen LogP contribution in [0.2, 0.25) is 0 Å². The summed E-state index contributed by atoms with van der Waals surface area (Å²) in [6, 6.07) is -2.62. The van der Waals surface area contributed by atoms with Gasteiger partial charge < -0.3 is 100 Å². The van der Waals surface area contributed by atoms with Gasteiger partial charge in [0.15, 0.2) is 12.6 Å². The molecule has 0 aromatic rings. The highest BCUT2D eigenvalue weighted by Gasteiger charge is 2.60. The Morgan fingerprint density at radius 3 is 1.51 bits per heavy atom. The number of carboxylic acids is 1. The summed E-state index contributed by atoms with van der Waals surface area (Å²) in [6.07, 6.45) is 17.9. The first-order chi connectivity index (χ1) is 43.4. The first kappa shape index (κ1) is 81.4. The van der Waals surface area contributed by atoms with E-state index in [1.54, 1.807) is 6.08 Å². The van der Waals surface area contributed by atoms with Gasteiger partial charge >= 0.3 is 5.97 Å². The summed E-state index contributed by atoms with van der Waals surface area (Å²) in [5.41, 5.74) is 0. The number of hydrogen-bond acceptors (Lipinski definition) is 20. The Morgan fingerprint density at radius 2 is 1.04 bits per heavy atom. The second-order valence-corrected chi connectivity index (χ2v) is 25.4. The number of allylic oxidation sites excluding steroid dienone is 3. The van der Waals surface area contributed by atoms with E-state index in [0.717, 1.165) is 77.6 Å². The van der Waals surface area contributed by atoms with Crippen molar-refractivity contribution in [1.29, 1.82) is 0 Å². The first-order valence-electron chi connectivity index (χ1n) is 34.7. The highest BCUT2D eigenvalue weighted by molar-refractivity contribution is 5.77. The molecule has 3 heterocycles. The van der Waals surface area contributed by atoms with Crippen LogP contribution in [0, 0.1) is 0 Å². The molecular weight excluding hydrogens is 1170 g/mol. The lowest BCUT2D eigenvalue weighted by molar-refractivity contribution is -0.386. The predicted octanol–water partition coefficient (Wildman–Crippen LogP) is 6.06. The van der Waals surface area contributed by atoms with E-state index in [1.807, 2.05) is 6.08 Å². The number of unbranched alkanes of at least 4 members (excludes halogenated alkanes) is 30. The Hall–Kier alpha value is -2.79. The number of carbonyl (C=O) groups is 3. The number of aliphatic hydroxyl groups excluding tert-OH is 11. The Bertz CT molecular complexity index is 1920. The zero-order valence-electron chi connectivity index (χ0n) is 54.7. The minimum absolute atomic E-state index is 0.196. The van der Waals surface area contributed by atoms with Crippen molar-refractivity contribution < 1.29 is 104 Å². The van der Waals surface area contributed by atoms with Crippen molar-refractivity contribution in [2.24, 2.45) is 0 Å². The van der Waals surface area contributed by atoms with E-state index in [9.17, 15) is 75.7 Å². The monoisotopic (exact) mass is 1290 g/mol. The van der Waals surface area contributed by atoms with Gasteiger partial charge in [0.1, 0.15) is 67.1 Å². The highest BCUT2D eigenvalue weighted by Crippen LogP contribution is 2.39. The van der Waals surface area contributed by atoms with Crippen molar-refractivity contribution in [3.63, 3.8) is 0 Å². The fourth-order valence-corrected chi connectivity index (χ4v) is 12.1. The third-order valence-corrected chi connectivity index (χ3v) is 17.6. The molecule has 18 atom stereocenters. The van der Waals surface area contributed by atoms with Crippen molar-refractivity contribution in [3.8, 4) is 0 Å². The van der Waals surface area contributed by atoms with Gasteiger partial charge in [0.25, 0.3) is 5.79 Å². The molecule has 23 nitrogen and oxygen atoms in total. The lowest BCUT2D eigenvalue weighted by atomic mass is 9.88. The minimum Gasteiger partial charge on any atom is -0.477 e. The zero-order valence-corrected chi connectivity index (χ0v) is 54.7. The zero-order chi connectivity index (χ0) is 66.1. The van der Waals surface area contributed by atoms with Crippen molar-refractivity contribution in [2.45, 2.75) is 355 Å². The van der Waals surface area contributed by atoms with Crippen LogP contribution >= 0.6 is 0 Å². The van der Waals surface area contributed by atoms with E-state index in [4.69, 9.17) is 28.4 Å². The Balaban J connectivity index is 1.61. The molecule has 3 rings (SSSR count). The molecule has 14 N–H and O–H groups in total. The fourth-order valence-electron chi connectivity index (χ4n) is 12.1. The maximum absolute atomic E-state index is 13.4. The smallest absolute Gasteiger partial charge is 0.364 e. The summed E-state index contributed by atoms with van der Waals surface area (Å²) >= 11 is 0. The quantitative estimate of drug-likeness (QED) is 0.0243. The van der Waals surface area contributed by atoms with Gasteiger partial charge in [-0.2, -0.15) is 0 Å². The molecule has 0 aromatic carbocycles. The molecule has 0 aromatic heterocycles. The van der Waals surface area contributed by atoms with Gasteiger partial charge in [-0.05, 0) is 44.9 Å². The van der Waals surface area contributed by atoms with Gasteiger partial charge in [0, 0.05) is 19.8 Å². The lowest BCUT2D eigenvalue weighted by Crippen LogP contribution is -2.70. The molecule has 23 heteroatoms. The standard InChI is InChI=1S/C67H122N2O21/c1-4-6-8-10-12-14-16-18-20-22-23-24-25-27-29-31-33-35-37-39-41-54(77)69-48(49(74)40-38-36-34-32-30-28-26-21-19-17-15-13-11-9-7-5-2)46-85-64-59(81)58(80)61(53(45-72)87-64)88-65-60(82)63(57(79)52(44-71)86-65)90-67(66(83)84)42-50(75)55(68-47(3)73)62(89-67)56(78)51(76)43-70/h23-24,38,40,48-53,55-65,70-72,74-76,78-82H,4-22,25-37,39,41-46H2,1-3H3,(H,68,73)(H,69,77)(H,83,84)/b24-23-,40-38+. The van der Waals surface area contributed by atoms with E-state index in [0.29, 0.717) is 12.8 Å². The summed E-state index contributed by atoms with van der Waals surface area (Å²) in [5.74, 6) is -6.15. The molecule has 0 bridgehead atoms. The molecular formula is C67H122N2O21. The van der Waals surface area contributed by atoms with E-state index >= 15 is 0 Å². The summed E-state index contributed by atoms with van der Waals surface area (Å²) in [7, 11) is 0. The number of rotatable bonds is 52. The summed E-state index contributed by atoms with van der Waals surface area (Å²) in [6.45, 7) is 2.13. The van der Waals surface area contributed by atoms with Crippen LogP contribution in [-0.4, -0.2) is 215 Å². The van der Waals surface area contributed by atoms with Crippen LogP contribution < -0.4 is 10.6 Å². The van der Waals surface area contributed by atoms with Crippen LogP contribution in [0.3, 0.4) is 0 Å². The summed E-state index contributed by atoms with van der Waals surface area (Å²) in [5, 5.41) is 136. The van der Waals surface area contributed by atoms with Crippen LogP contribution in [-0.2, 0) is 42.8 Å². The number of amides is 2. The topological polar surface area (TPSA) is 373 Å². The van der Waals surface area contributed by atoms with E-state index in [1.165, 1.54) is 128 Å². The molecule has 18 unspecified atom stereocenters. The van der Waals surface area contributed by atoms with Crippen LogP contribution in [0.1, 0.15) is 245 Å². The predicted molar refractivity (Wildman–Crippen MR) is 338 cm³/mol. The van der Waals surface area contributed by atoms with Gasteiger partial charge in [-0.3, -0.25) is 9.59 Å². The van der Waals surface area contributed by atoms with E-state index < -0.39 is 155 Å². The van der Waals surface area contributed by atoms with Crippen LogP contribution in [0.15, 0.2) is 24.3 Å². The Morgan fingerprint density at radius 1 is 0.578 bits per heavy atom. The number of aliphatic hydroxyl groups is 11. The minimum atomic E-state index is -3.08. The molecule has 2 amide bonds. The molecule has 3 aliphatic rings. The van der Waals surface area contributed by atoms with Gasteiger partial charge in [-0.15, -0.1) is 0 Å². The van der Waals surface area contributed by atoms with Crippen LogP contribution in [0.25, 0.3) is 0 Å². The maximum Gasteiger partial charge on any atom is 0.364 e. The molecule has 0 spiro atoms.